The van der Waals surface area contributed by atoms with Crippen molar-refractivity contribution in [2.75, 3.05) is 13.1 Å². The lowest BCUT2D eigenvalue weighted by Crippen LogP contribution is -2.40. The van der Waals surface area contributed by atoms with Crippen molar-refractivity contribution in [1.29, 1.82) is 0 Å². The van der Waals surface area contributed by atoms with E-state index in [-0.39, 0.29) is 17.8 Å². The third-order valence-electron chi connectivity index (χ3n) is 2.84. The van der Waals surface area contributed by atoms with Gasteiger partial charge >= 0.3 is 0 Å². The van der Waals surface area contributed by atoms with E-state index >= 15 is 0 Å². The molecule has 0 aromatic heterocycles. The standard InChI is InChI=1S/C12H15NO3/c14-10-4-6-13(7-5-10)12(16)9-2-1-3-11(15)8-9/h1-3,8,10,14-15H,4-7H2. The van der Waals surface area contributed by atoms with E-state index in [0.717, 1.165) is 0 Å². The van der Waals surface area contributed by atoms with Crippen LogP contribution in [0.15, 0.2) is 24.3 Å². The largest absolute Gasteiger partial charge is 0.508 e. The molecule has 0 bridgehead atoms. The molecule has 1 fully saturated rings. The van der Waals surface area contributed by atoms with E-state index in [1.165, 1.54) is 12.1 Å². The van der Waals surface area contributed by atoms with Gasteiger partial charge in [0.05, 0.1) is 6.10 Å². The maximum absolute atomic E-state index is 12.0. The van der Waals surface area contributed by atoms with Crippen LogP contribution in [-0.2, 0) is 0 Å². The van der Waals surface area contributed by atoms with Crippen LogP contribution in [0.4, 0.5) is 0 Å². The first-order valence-electron chi connectivity index (χ1n) is 5.43. The number of benzene rings is 1. The second kappa shape index (κ2) is 4.53. The Morgan fingerprint density at radius 2 is 2.00 bits per heavy atom. The number of carbonyl (C=O) groups is 1. The highest BCUT2D eigenvalue weighted by molar-refractivity contribution is 5.94. The predicted octanol–water partition coefficient (Wildman–Crippen LogP) is 0.989. The molecule has 1 aromatic rings. The summed E-state index contributed by atoms with van der Waals surface area (Å²) >= 11 is 0. The molecule has 0 atom stereocenters. The van der Waals surface area contributed by atoms with Gasteiger partial charge in [-0.15, -0.1) is 0 Å². The number of amides is 1. The summed E-state index contributed by atoms with van der Waals surface area (Å²) in [6.07, 6.45) is 0.975. The van der Waals surface area contributed by atoms with Crippen LogP contribution in [0.3, 0.4) is 0 Å². The van der Waals surface area contributed by atoms with Crippen molar-refractivity contribution < 1.29 is 15.0 Å². The van der Waals surface area contributed by atoms with Gasteiger partial charge in [-0.05, 0) is 31.0 Å². The van der Waals surface area contributed by atoms with Crippen molar-refractivity contribution in [2.24, 2.45) is 0 Å². The summed E-state index contributed by atoms with van der Waals surface area (Å²) in [7, 11) is 0. The number of rotatable bonds is 1. The van der Waals surface area contributed by atoms with Crippen molar-refractivity contribution in [3.05, 3.63) is 29.8 Å². The third-order valence-corrected chi connectivity index (χ3v) is 2.84. The molecule has 0 saturated carbocycles. The molecule has 86 valence electrons. The van der Waals surface area contributed by atoms with Gasteiger partial charge in [-0.25, -0.2) is 0 Å². The van der Waals surface area contributed by atoms with Gasteiger partial charge in [0.15, 0.2) is 0 Å². The predicted molar refractivity (Wildman–Crippen MR) is 59.3 cm³/mol. The molecule has 0 radical (unpaired) electrons. The molecular weight excluding hydrogens is 206 g/mol. The van der Waals surface area contributed by atoms with Gasteiger partial charge in [0.2, 0.25) is 0 Å². The summed E-state index contributed by atoms with van der Waals surface area (Å²) in [4.78, 5) is 13.7. The van der Waals surface area contributed by atoms with Gasteiger partial charge in [-0.2, -0.15) is 0 Å². The van der Waals surface area contributed by atoms with Crippen LogP contribution in [0.25, 0.3) is 0 Å². The highest BCUT2D eigenvalue weighted by atomic mass is 16.3. The van der Waals surface area contributed by atoms with Crippen LogP contribution < -0.4 is 0 Å². The number of aliphatic hydroxyl groups excluding tert-OH is 1. The lowest BCUT2D eigenvalue weighted by atomic mass is 10.1. The number of likely N-dealkylation sites (tertiary alicyclic amines) is 1. The minimum absolute atomic E-state index is 0.0807. The molecule has 4 nitrogen and oxygen atoms in total. The number of phenols is 1. The Kier molecular flexibility index (Phi) is 3.10. The molecular formula is C12H15NO3. The van der Waals surface area contributed by atoms with E-state index < -0.39 is 0 Å². The van der Waals surface area contributed by atoms with Gasteiger partial charge in [-0.1, -0.05) is 6.07 Å². The topological polar surface area (TPSA) is 60.8 Å². The number of aliphatic hydroxyl groups is 1. The quantitative estimate of drug-likeness (QED) is 0.743. The average molecular weight is 221 g/mol. The van der Waals surface area contributed by atoms with E-state index in [4.69, 9.17) is 0 Å². The van der Waals surface area contributed by atoms with Gasteiger partial charge in [0.1, 0.15) is 5.75 Å². The molecule has 2 rings (SSSR count). The van der Waals surface area contributed by atoms with Crippen LogP contribution in [0.2, 0.25) is 0 Å². The van der Waals surface area contributed by atoms with E-state index in [2.05, 4.69) is 0 Å². The molecule has 1 heterocycles. The van der Waals surface area contributed by atoms with Crippen molar-refractivity contribution >= 4 is 5.91 Å². The lowest BCUT2D eigenvalue weighted by molar-refractivity contribution is 0.0546. The summed E-state index contributed by atoms with van der Waals surface area (Å²) in [5.41, 5.74) is 0.497. The Bertz CT molecular complexity index is 384. The van der Waals surface area contributed by atoms with Crippen LogP contribution in [0, 0.1) is 0 Å². The average Bonchev–Trinajstić information content (AvgIpc) is 2.29. The van der Waals surface area contributed by atoms with Crippen LogP contribution in [0.1, 0.15) is 23.2 Å². The van der Waals surface area contributed by atoms with Crippen LogP contribution in [0.5, 0.6) is 5.75 Å². The van der Waals surface area contributed by atoms with Gasteiger partial charge < -0.3 is 15.1 Å². The molecule has 1 aromatic carbocycles. The summed E-state index contributed by atoms with van der Waals surface area (Å²) < 4.78 is 0. The number of hydrogen-bond donors (Lipinski definition) is 2. The Balaban J connectivity index is 2.08. The number of carbonyl (C=O) groups excluding carboxylic acids is 1. The molecule has 4 heteroatoms. The summed E-state index contributed by atoms with van der Waals surface area (Å²) in [6.45, 7) is 1.16. The van der Waals surface area contributed by atoms with Gasteiger partial charge in [0, 0.05) is 18.7 Å². The summed E-state index contributed by atoms with van der Waals surface area (Å²) in [6, 6.07) is 6.35. The van der Waals surface area contributed by atoms with Crippen molar-refractivity contribution in [3.8, 4) is 5.75 Å². The smallest absolute Gasteiger partial charge is 0.253 e. The fourth-order valence-electron chi connectivity index (χ4n) is 1.89. The fraction of sp³-hybridized carbons (Fsp3) is 0.417. The minimum Gasteiger partial charge on any atom is -0.508 e. The zero-order chi connectivity index (χ0) is 11.5. The number of hydrogen-bond acceptors (Lipinski definition) is 3. The third kappa shape index (κ3) is 2.33. The molecule has 0 spiro atoms. The molecule has 1 amide bonds. The van der Waals surface area contributed by atoms with Crippen molar-refractivity contribution in [1.82, 2.24) is 4.90 Å². The second-order valence-electron chi connectivity index (χ2n) is 4.07. The van der Waals surface area contributed by atoms with Crippen LogP contribution >= 0.6 is 0 Å². The molecule has 1 saturated heterocycles. The molecule has 0 unspecified atom stereocenters. The molecule has 1 aliphatic rings. The SMILES string of the molecule is O=C(c1cccc(O)c1)N1CCC(O)CC1. The Hall–Kier alpha value is -1.55. The van der Waals surface area contributed by atoms with E-state index in [9.17, 15) is 15.0 Å². The maximum atomic E-state index is 12.0. The Morgan fingerprint density at radius 3 is 2.62 bits per heavy atom. The Labute approximate surface area is 94.1 Å². The van der Waals surface area contributed by atoms with Gasteiger partial charge in [-0.3, -0.25) is 4.79 Å². The summed E-state index contributed by atoms with van der Waals surface area (Å²) in [5, 5.41) is 18.6. The van der Waals surface area contributed by atoms with E-state index in [0.29, 0.717) is 31.5 Å². The maximum Gasteiger partial charge on any atom is 0.253 e. The summed E-state index contributed by atoms with van der Waals surface area (Å²) in [5.74, 6) is 0.0192. The first-order valence-corrected chi connectivity index (χ1v) is 5.43. The fourth-order valence-corrected chi connectivity index (χ4v) is 1.89. The van der Waals surface area contributed by atoms with Gasteiger partial charge in [0.25, 0.3) is 5.91 Å². The first-order chi connectivity index (χ1) is 7.66. The highest BCUT2D eigenvalue weighted by Crippen LogP contribution is 2.16. The minimum atomic E-state index is -0.284. The first kappa shape index (κ1) is 11.0. The molecule has 16 heavy (non-hydrogen) atoms. The monoisotopic (exact) mass is 221 g/mol. The highest BCUT2D eigenvalue weighted by Gasteiger charge is 2.22. The van der Waals surface area contributed by atoms with Crippen LogP contribution in [-0.4, -0.2) is 40.2 Å². The van der Waals surface area contributed by atoms with E-state index in [1.807, 2.05) is 0 Å². The number of nitrogens with zero attached hydrogens (tertiary/aromatic N) is 1. The number of piperidine rings is 1. The normalized spacial score (nSPS) is 17.4. The second-order valence-corrected chi connectivity index (χ2v) is 4.07. The number of aromatic hydroxyl groups is 1. The molecule has 1 aliphatic heterocycles. The molecule has 0 aliphatic carbocycles. The van der Waals surface area contributed by atoms with Crippen molar-refractivity contribution in [3.63, 3.8) is 0 Å². The lowest BCUT2D eigenvalue weighted by Gasteiger charge is -2.29. The zero-order valence-electron chi connectivity index (χ0n) is 8.97. The Morgan fingerprint density at radius 1 is 1.31 bits per heavy atom. The van der Waals surface area contributed by atoms with E-state index in [1.54, 1.807) is 17.0 Å². The molecule has 2 N–H and O–H groups in total. The number of phenolic OH excluding ortho intramolecular Hbond substituents is 1. The zero-order valence-corrected chi connectivity index (χ0v) is 8.97. The van der Waals surface area contributed by atoms with Crippen molar-refractivity contribution in [2.45, 2.75) is 18.9 Å².